The zero-order chi connectivity index (χ0) is 17.4. The van der Waals surface area contributed by atoms with Crippen LogP contribution in [0.1, 0.15) is 33.8 Å². The van der Waals surface area contributed by atoms with Crippen LogP contribution in [-0.4, -0.2) is 54.6 Å². The van der Waals surface area contributed by atoms with Crippen molar-refractivity contribution in [2.45, 2.75) is 12.8 Å². The molecule has 1 N–H and O–H groups in total. The molecule has 1 aliphatic rings. The van der Waals surface area contributed by atoms with Gasteiger partial charge in [-0.2, -0.15) is 15.4 Å². The van der Waals surface area contributed by atoms with Gasteiger partial charge in [0.15, 0.2) is 5.82 Å². The summed E-state index contributed by atoms with van der Waals surface area (Å²) in [5.41, 5.74) is 1.94. The predicted molar refractivity (Wildman–Crippen MR) is 90.1 cm³/mol. The van der Waals surface area contributed by atoms with Gasteiger partial charge in [0.1, 0.15) is 11.0 Å². The van der Waals surface area contributed by atoms with Crippen LogP contribution in [0, 0.1) is 5.92 Å². The number of piperidine rings is 1. The highest BCUT2D eigenvalue weighted by molar-refractivity contribution is 5.99. The molecule has 25 heavy (non-hydrogen) atoms. The van der Waals surface area contributed by atoms with Gasteiger partial charge in [-0.25, -0.2) is 4.98 Å². The van der Waals surface area contributed by atoms with E-state index in [1.165, 1.54) is 0 Å². The Balaban J connectivity index is 1.53. The number of H-pyrrole nitrogens is 1. The third-order valence-corrected chi connectivity index (χ3v) is 4.68. The number of hydrogen-bond donors (Lipinski definition) is 1. The molecule has 4 rings (SSSR count). The Hall–Kier alpha value is -3.03. The van der Waals surface area contributed by atoms with Crippen molar-refractivity contribution >= 4 is 22.7 Å². The number of nitrogens with one attached hydrogen (secondary N) is 1. The van der Waals surface area contributed by atoms with Crippen LogP contribution in [0.25, 0.3) is 11.0 Å². The molecule has 1 aromatic carbocycles. The fourth-order valence-corrected chi connectivity index (χ4v) is 3.32. The number of Topliss-reactive ketones (excluding diaryl/α,β-unsaturated/α-hetero) is 1. The average molecular weight is 338 g/mol. The second-order valence-corrected chi connectivity index (χ2v) is 6.34. The maximum Gasteiger partial charge on any atom is 0.253 e. The number of aryl methyl sites for hydroxylation is 1. The number of ketones is 1. The van der Waals surface area contributed by atoms with Crippen LogP contribution in [0.5, 0.6) is 0 Å². The van der Waals surface area contributed by atoms with Crippen molar-refractivity contribution in [3.05, 3.63) is 42.0 Å². The lowest BCUT2D eigenvalue weighted by molar-refractivity contribution is 0.0633. The second-order valence-electron chi connectivity index (χ2n) is 6.34. The van der Waals surface area contributed by atoms with E-state index >= 15 is 0 Å². The lowest BCUT2D eigenvalue weighted by atomic mass is 9.92. The third kappa shape index (κ3) is 2.79. The lowest BCUT2D eigenvalue weighted by Crippen LogP contribution is -2.42. The van der Waals surface area contributed by atoms with Crippen LogP contribution in [0.15, 0.2) is 30.6 Å². The first-order chi connectivity index (χ1) is 12.1. The summed E-state index contributed by atoms with van der Waals surface area (Å²) >= 11 is 0. The van der Waals surface area contributed by atoms with E-state index in [0.29, 0.717) is 30.0 Å². The average Bonchev–Trinajstić information content (AvgIpc) is 3.28. The number of carbonyl (C=O) groups excluding carboxylic acids is 2. The molecule has 128 valence electrons. The lowest BCUT2D eigenvalue weighted by Gasteiger charge is -2.32. The summed E-state index contributed by atoms with van der Waals surface area (Å²) in [6, 6.07) is 5.25. The minimum Gasteiger partial charge on any atom is -0.338 e. The molecule has 0 spiro atoms. The molecule has 1 atom stereocenters. The van der Waals surface area contributed by atoms with Gasteiger partial charge in [0.05, 0.1) is 0 Å². The Morgan fingerprint density at radius 2 is 2.08 bits per heavy atom. The van der Waals surface area contributed by atoms with Crippen molar-refractivity contribution in [1.29, 1.82) is 0 Å². The first-order valence-electron chi connectivity index (χ1n) is 8.25. The molecule has 8 heteroatoms. The number of likely N-dealkylation sites (tertiary alicyclic amines) is 1. The molecule has 0 radical (unpaired) electrons. The molecule has 1 aliphatic heterocycles. The summed E-state index contributed by atoms with van der Waals surface area (Å²) in [6.45, 7) is 1.07. The van der Waals surface area contributed by atoms with Crippen LogP contribution in [-0.2, 0) is 7.05 Å². The van der Waals surface area contributed by atoms with Gasteiger partial charge in [-0.05, 0) is 31.0 Å². The topological polar surface area (TPSA) is 96.8 Å². The van der Waals surface area contributed by atoms with Crippen molar-refractivity contribution in [3.63, 3.8) is 0 Å². The number of benzene rings is 1. The number of aromatic amines is 1. The molecule has 3 aromatic rings. The number of fused-ring (bicyclic) bond motifs is 1. The van der Waals surface area contributed by atoms with Crippen LogP contribution < -0.4 is 0 Å². The molecule has 2 aromatic heterocycles. The maximum absolute atomic E-state index is 12.8. The summed E-state index contributed by atoms with van der Waals surface area (Å²) < 4.78 is 1.72. The molecule has 1 amide bonds. The van der Waals surface area contributed by atoms with Crippen LogP contribution >= 0.6 is 0 Å². The van der Waals surface area contributed by atoms with Crippen molar-refractivity contribution in [3.8, 4) is 0 Å². The van der Waals surface area contributed by atoms with Gasteiger partial charge in [-0.3, -0.25) is 9.59 Å². The Morgan fingerprint density at radius 3 is 2.88 bits per heavy atom. The zero-order valence-electron chi connectivity index (χ0n) is 13.8. The van der Waals surface area contributed by atoms with Gasteiger partial charge in [-0.15, -0.1) is 0 Å². The molecule has 8 nitrogen and oxygen atoms in total. The molecule has 0 unspecified atom stereocenters. The van der Waals surface area contributed by atoms with E-state index in [-0.39, 0.29) is 17.6 Å². The molecule has 0 saturated carbocycles. The highest BCUT2D eigenvalue weighted by Crippen LogP contribution is 2.22. The minimum atomic E-state index is -0.213. The van der Waals surface area contributed by atoms with E-state index < -0.39 is 0 Å². The molecule has 1 fully saturated rings. The largest absolute Gasteiger partial charge is 0.338 e. The number of hydrogen-bond acceptors (Lipinski definition) is 5. The monoisotopic (exact) mass is 338 g/mol. The van der Waals surface area contributed by atoms with E-state index in [1.54, 1.807) is 47.1 Å². The summed E-state index contributed by atoms with van der Waals surface area (Å²) in [7, 11) is 1.80. The Bertz CT molecular complexity index is 943. The van der Waals surface area contributed by atoms with Crippen LogP contribution in [0.2, 0.25) is 0 Å². The van der Waals surface area contributed by atoms with Gasteiger partial charge in [0.2, 0.25) is 5.78 Å². The summed E-state index contributed by atoms with van der Waals surface area (Å²) in [5.74, 6) is 0.150. The van der Waals surface area contributed by atoms with Gasteiger partial charge in [-0.1, -0.05) is 0 Å². The minimum absolute atomic E-state index is 0.00282. The van der Waals surface area contributed by atoms with Gasteiger partial charge in [0.25, 0.3) is 5.91 Å². The number of carbonyl (C=O) groups is 2. The van der Waals surface area contributed by atoms with Crippen LogP contribution in [0.3, 0.4) is 0 Å². The normalized spacial score (nSPS) is 17.8. The number of nitrogens with zero attached hydrogens (tertiary/aromatic N) is 5. The van der Waals surface area contributed by atoms with Crippen LogP contribution in [0.4, 0.5) is 0 Å². The maximum atomic E-state index is 12.8. The smallest absolute Gasteiger partial charge is 0.253 e. The van der Waals surface area contributed by atoms with Gasteiger partial charge < -0.3 is 9.47 Å². The first-order valence-corrected chi connectivity index (χ1v) is 8.25. The van der Waals surface area contributed by atoms with Crippen molar-refractivity contribution in [1.82, 2.24) is 29.9 Å². The van der Waals surface area contributed by atoms with E-state index in [4.69, 9.17) is 0 Å². The number of imidazole rings is 1. The summed E-state index contributed by atoms with van der Waals surface area (Å²) in [4.78, 5) is 31.4. The fourth-order valence-electron chi connectivity index (χ4n) is 3.32. The van der Waals surface area contributed by atoms with Crippen molar-refractivity contribution in [2.24, 2.45) is 13.0 Å². The SMILES string of the molecule is Cn1ccnc1C(=O)[C@@H]1CCCN(C(=O)c2ccc3n[nH]nc3c2)C1. The molecular formula is C17H18N6O2. The highest BCUT2D eigenvalue weighted by Gasteiger charge is 2.31. The quantitative estimate of drug-likeness (QED) is 0.729. The summed E-state index contributed by atoms with van der Waals surface area (Å²) in [5, 5.41) is 10.6. The van der Waals surface area contributed by atoms with E-state index in [1.807, 2.05) is 0 Å². The number of rotatable bonds is 3. The molecular weight excluding hydrogens is 320 g/mol. The first kappa shape index (κ1) is 15.5. The van der Waals surface area contributed by atoms with Crippen molar-refractivity contribution < 1.29 is 9.59 Å². The summed E-state index contributed by atoms with van der Waals surface area (Å²) in [6.07, 6.45) is 4.95. The molecule has 1 saturated heterocycles. The fraction of sp³-hybridized carbons (Fsp3) is 0.353. The van der Waals surface area contributed by atoms with Gasteiger partial charge >= 0.3 is 0 Å². The zero-order valence-corrected chi connectivity index (χ0v) is 13.8. The van der Waals surface area contributed by atoms with E-state index in [2.05, 4.69) is 20.4 Å². The molecule has 0 bridgehead atoms. The van der Waals surface area contributed by atoms with E-state index in [0.717, 1.165) is 18.4 Å². The second kappa shape index (κ2) is 6.12. The highest BCUT2D eigenvalue weighted by atomic mass is 16.2. The number of amides is 1. The third-order valence-electron chi connectivity index (χ3n) is 4.68. The van der Waals surface area contributed by atoms with E-state index in [9.17, 15) is 9.59 Å². The Morgan fingerprint density at radius 1 is 1.24 bits per heavy atom. The molecule has 3 heterocycles. The number of aromatic nitrogens is 5. The Labute approximate surface area is 143 Å². The standard InChI is InChI=1S/C17H18N6O2/c1-22-8-6-18-16(22)15(24)12-3-2-7-23(10-12)17(25)11-4-5-13-14(9-11)20-21-19-13/h4-6,8-9,12H,2-3,7,10H2,1H3,(H,19,20,21)/t12-/m1/s1. The molecule has 0 aliphatic carbocycles. The van der Waals surface area contributed by atoms with Gasteiger partial charge in [0, 0.05) is 44.0 Å². The predicted octanol–water partition coefficient (Wildman–Crippen LogP) is 1.43. The van der Waals surface area contributed by atoms with Crippen molar-refractivity contribution in [2.75, 3.05) is 13.1 Å². The Kier molecular flexibility index (Phi) is 3.79.